The van der Waals surface area contributed by atoms with Crippen LogP contribution in [0.3, 0.4) is 0 Å². The number of piperidine rings is 1. The van der Waals surface area contributed by atoms with Gasteiger partial charge in [-0.15, -0.1) is 0 Å². The normalized spacial score (nSPS) is 19.4. The Morgan fingerprint density at radius 3 is 2.32 bits per heavy atom. The van der Waals surface area contributed by atoms with Crippen molar-refractivity contribution in [3.8, 4) is 0 Å². The summed E-state index contributed by atoms with van der Waals surface area (Å²) in [5.74, 6) is 0. The average molecular weight is 272 g/mol. The number of hydrogen-bond acceptors (Lipinski definition) is 2. The first-order chi connectivity index (χ1) is 9.04. The third kappa shape index (κ3) is 3.28. The molecule has 2 rings (SSSR count). The Balaban J connectivity index is 2.32. The number of halogens is 3. The minimum Gasteiger partial charge on any atom is -0.329 e. The molecular formula is C14H19F3N2. The molecule has 1 fully saturated rings. The van der Waals surface area contributed by atoms with Gasteiger partial charge < -0.3 is 5.73 Å². The largest absolute Gasteiger partial charge is 0.416 e. The Bertz CT molecular complexity index is 411. The predicted octanol–water partition coefficient (Wildman–Crippen LogP) is 3.19. The molecule has 1 heterocycles. The van der Waals surface area contributed by atoms with Crippen LogP contribution in [-0.2, 0) is 6.18 Å². The van der Waals surface area contributed by atoms with Gasteiger partial charge in [-0.1, -0.05) is 24.6 Å². The van der Waals surface area contributed by atoms with Crippen molar-refractivity contribution in [1.29, 1.82) is 0 Å². The maximum absolute atomic E-state index is 13.1. The van der Waals surface area contributed by atoms with Gasteiger partial charge in [0.2, 0.25) is 0 Å². The zero-order valence-corrected chi connectivity index (χ0v) is 10.8. The minimum atomic E-state index is -4.32. The van der Waals surface area contributed by atoms with Crippen molar-refractivity contribution < 1.29 is 13.2 Å². The van der Waals surface area contributed by atoms with Crippen LogP contribution in [-0.4, -0.2) is 24.5 Å². The van der Waals surface area contributed by atoms with Crippen LogP contribution < -0.4 is 5.73 Å². The molecule has 0 radical (unpaired) electrons. The highest BCUT2D eigenvalue weighted by molar-refractivity contribution is 5.32. The zero-order chi connectivity index (χ0) is 13.9. The summed E-state index contributed by atoms with van der Waals surface area (Å²) in [5.41, 5.74) is 5.48. The van der Waals surface area contributed by atoms with E-state index in [1.54, 1.807) is 12.1 Å². The molecule has 0 unspecified atom stereocenters. The van der Waals surface area contributed by atoms with E-state index in [9.17, 15) is 13.2 Å². The molecule has 1 aliphatic heterocycles. The van der Waals surface area contributed by atoms with Crippen LogP contribution in [0.25, 0.3) is 0 Å². The van der Waals surface area contributed by atoms with Gasteiger partial charge in [0, 0.05) is 12.6 Å². The lowest BCUT2D eigenvalue weighted by Gasteiger charge is -2.35. The second-order valence-electron chi connectivity index (χ2n) is 4.93. The van der Waals surface area contributed by atoms with E-state index in [0.29, 0.717) is 5.56 Å². The van der Waals surface area contributed by atoms with E-state index >= 15 is 0 Å². The van der Waals surface area contributed by atoms with Crippen LogP contribution in [0.2, 0.25) is 0 Å². The molecule has 19 heavy (non-hydrogen) atoms. The number of benzene rings is 1. The Labute approximate surface area is 111 Å². The lowest BCUT2D eigenvalue weighted by molar-refractivity contribution is -0.138. The summed E-state index contributed by atoms with van der Waals surface area (Å²) in [6.07, 6.45) is -1.11. The first kappa shape index (κ1) is 14.3. The summed E-state index contributed by atoms with van der Waals surface area (Å²) in [4.78, 5) is 2.08. The van der Waals surface area contributed by atoms with Gasteiger partial charge in [-0.3, -0.25) is 4.90 Å². The molecule has 2 nitrogen and oxygen atoms in total. The Morgan fingerprint density at radius 2 is 1.74 bits per heavy atom. The second-order valence-corrected chi connectivity index (χ2v) is 4.93. The molecular weight excluding hydrogens is 253 g/mol. The number of hydrogen-bond donors (Lipinski definition) is 1. The summed E-state index contributed by atoms with van der Waals surface area (Å²) < 4.78 is 39.2. The van der Waals surface area contributed by atoms with E-state index in [2.05, 4.69) is 4.90 Å². The minimum absolute atomic E-state index is 0.215. The van der Waals surface area contributed by atoms with E-state index in [-0.39, 0.29) is 12.6 Å². The maximum Gasteiger partial charge on any atom is 0.416 e. The molecule has 0 aliphatic carbocycles. The van der Waals surface area contributed by atoms with Crippen LogP contribution in [0.5, 0.6) is 0 Å². The first-order valence-corrected chi connectivity index (χ1v) is 6.64. The molecule has 0 bridgehead atoms. The average Bonchev–Trinajstić information content (AvgIpc) is 2.40. The number of alkyl halides is 3. The lowest BCUT2D eigenvalue weighted by atomic mass is 9.96. The molecule has 106 valence electrons. The Hall–Kier alpha value is -1.07. The van der Waals surface area contributed by atoms with E-state index in [0.717, 1.165) is 38.4 Å². The standard InChI is InChI=1S/C14H19F3N2/c15-14(16,17)12-7-3-2-6-11(12)13(10-18)19-8-4-1-5-9-19/h2-3,6-7,13H,1,4-5,8-10,18H2/t13-/m0/s1. The Morgan fingerprint density at radius 1 is 1.11 bits per heavy atom. The Kier molecular flexibility index (Phi) is 4.47. The molecule has 0 aromatic heterocycles. The molecule has 1 aromatic rings. The van der Waals surface area contributed by atoms with Gasteiger partial charge in [-0.25, -0.2) is 0 Å². The molecule has 1 aromatic carbocycles. The fraction of sp³-hybridized carbons (Fsp3) is 0.571. The number of likely N-dealkylation sites (tertiary alicyclic amines) is 1. The van der Waals surface area contributed by atoms with Crippen LogP contribution in [0, 0.1) is 0 Å². The third-order valence-electron chi connectivity index (χ3n) is 3.68. The van der Waals surface area contributed by atoms with Gasteiger partial charge in [-0.05, 0) is 37.6 Å². The fourth-order valence-electron chi connectivity index (χ4n) is 2.75. The van der Waals surface area contributed by atoms with Crippen molar-refractivity contribution >= 4 is 0 Å². The number of rotatable bonds is 3. The second kappa shape index (κ2) is 5.92. The molecule has 1 aliphatic rings. The molecule has 5 heteroatoms. The van der Waals surface area contributed by atoms with Crippen LogP contribution in [0.15, 0.2) is 24.3 Å². The first-order valence-electron chi connectivity index (χ1n) is 6.64. The predicted molar refractivity (Wildman–Crippen MR) is 68.7 cm³/mol. The van der Waals surface area contributed by atoms with Crippen LogP contribution in [0.4, 0.5) is 13.2 Å². The molecule has 2 N–H and O–H groups in total. The monoisotopic (exact) mass is 272 g/mol. The molecule has 1 atom stereocenters. The SMILES string of the molecule is NC[C@@H](c1ccccc1C(F)(F)F)N1CCCCC1. The number of nitrogens with two attached hydrogens (primary N) is 1. The van der Waals surface area contributed by atoms with Crippen molar-refractivity contribution in [3.63, 3.8) is 0 Å². The summed E-state index contributed by atoms with van der Waals surface area (Å²) >= 11 is 0. The molecule has 0 amide bonds. The highest BCUT2D eigenvalue weighted by Gasteiger charge is 2.36. The highest BCUT2D eigenvalue weighted by Crippen LogP contribution is 2.36. The van der Waals surface area contributed by atoms with Gasteiger partial charge >= 0.3 is 6.18 Å². The third-order valence-corrected chi connectivity index (χ3v) is 3.68. The van der Waals surface area contributed by atoms with E-state index in [4.69, 9.17) is 5.73 Å². The quantitative estimate of drug-likeness (QED) is 0.915. The van der Waals surface area contributed by atoms with Gasteiger partial charge in [-0.2, -0.15) is 13.2 Å². The molecule has 0 spiro atoms. The summed E-state index contributed by atoms with van der Waals surface area (Å²) in [7, 11) is 0. The van der Waals surface area contributed by atoms with Crippen LogP contribution >= 0.6 is 0 Å². The van der Waals surface area contributed by atoms with Gasteiger partial charge in [0.25, 0.3) is 0 Å². The van der Waals surface area contributed by atoms with E-state index in [1.807, 2.05) is 0 Å². The van der Waals surface area contributed by atoms with Crippen molar-refractivity contribution in [2.45, 2.75) is 31.5 Å². The van der Waals surface area contributed by atoms with Gasteiger partial charge in [0.1, 0.15) is 0 Å². The summed E-state index contributed by atoms with van der Waals surface area (Å²) in [6.45, 7) is 1.87. The maximum atomic E-state index is 13.1. The smallest absolute Gasteiger partial charge is 0.329 e. The van der Waals surface area contributed by atoms with Crippen molar-refractivity contribution in [2.24, 2.45) is 5.73 Å². The molecule has 1 saturated heterocycles. The van der Waals surface area contributed by atoms with Crippen molar-refractivity contribution in [3.05, 3.63) is 35.4 Å². The topological polar surface area (TPSA) is 29.3 Å². The zero-order valence-electron chi connectivity index (χ0n) is 10.8. The van der Waals surface area contributed by atoms with Gasteiger partial charge in [0.05, 0.1) is 5.56 Å². The summed E-state index contributed by atoms with van der Waals surface area (Å²) in [6, 6.07) is 5.43. The van der Waals surface area contributed by atoms with Gasteiger partial charge in [0.15, 0.2) is 0 Å². The summed E-state index contributed by atoms with van der Waals surface area (Å²) in [5, 5.41) is 0. The fourth-order valence-corrected chi connectivity index (χ4v) is 2.75. The van der Waals surface area contributed by atoms with Crippen molar-refractivity contribution in [2.75, 3.05) is 19.6 Å². The van der Waals surface area contributed by atoms with E-state index in [1.165, 1.54) is 6.07 Å². The number of nitrogens with zero attached hydrogens (tertiary/aromatic N) is 1. The lowest BCUT2D eigenvalue weighted by Crippen LogP contribution is -2.38. The van der Waals surface area contributed by atoms with E-state index < -0.39 is 11.7 Å². The highest BCUT2D eigenvalue weighted by atomic mass is 19.4. The molecule has 0 saturated carbocycles. The van der Waals surface area contributed by atoms with Crippen molar-refractivity contribution in [1.82, 2.24) is 4.90 Å². The van der Waals surface area contributed by atoms with Crippen LogP contribution in [0.1, 0.15) is 36.4 Å².